The number of hydrogen-bond acceptors (Lipinski definition) is 6. The number of carbonyl (C=O) groups excluding carboxylic acids is 1. The number of nitrogens with two attached hydrogens (primary N) is 1. The molecule has 0 bridgehead atoms. The Hall–Kier alpha value is -3.50. The Morgan fingerprint density at radius 3 is 2.86 bits per heavy atom. The van der Waals surface area contributed by atoms with Crippen molar-refractivity contribution in [2.45, 2.75) is 13.0 Å². The molecule has 1 aliphatic heterocycles. The zero-order chi connectivity index (χ0) is 19.7. The Labute approximate surface area is 162 Å². The van der Waals surface area contributed by atoms with Crippen molar-refractivity contribution in [2.24, 2.45) is 5.92 Å². The van der Waals surface area contributed by atoms with E-state index < -0.39 is 0 Å². The molecule has 4 rings (SSSR count). The first kappa shape index (κ1) is 17.9. The lowest BCUT2D eigenvalue weighted by molar-refractivity contribution is -0.128. The maximum Gasteiger partial charge on any atom is 0.237 e. The van der Waals surface area contributed by atoms with Crippen molar-refractivity contribution in [3.8, 4) is 23.1 Å². The van der Waals surface area contributed by atoms with Gasteiger partial charge in [0, 0.05) is 24.7 Å². The number of aliphatic hydroxyl groups excluding tert-OH is 1. The molecule has 1 fully saturated rings. The molecule has 1 unspecified atom stereocenters. The quantitative estimate of drug-likeness (QED) is 0.661. The molecule has 0 radical (unpaired) electrons. The molecule has 3 heterocycles. The van der Waals surface area contributed by atoms with Crippen LogP contribution in [0.3, 0.4) is 0 Å². The second kappa shape index (κ2) is 7.25. The summed E-state index contributed by atoms with van der Waals surface area (Å²) < 4.78 is 0. The molecular formula is C21H19N5O2. The topological polar surface area (TPSA) is 105 Å². The van der Waals surface area contributed by atoms with Crippen LogP contribution in [0.1, 0.15) is 17.8 Å². The average molecular weight is 373 g/mol. The molecule has 7 heteroatoms. The maximum atomic E-state index is 12.0. The summed E-state index contributed by atoms with van der Waals surface area (Å²) in [6.45, 7) is 0.475. The average Bonchev–Trinajstić information content (AvgIpc) is 3.04. The minimum Gasteiger partial charge on any atom is -0.388 e. The number of anilines is 1. The molecule has 2 aromatic heterocycles. The van der Waals surface area contributed by atoms with Crippen LogP contribution in [-0.2, 0) is 11.4 Å². The summed E-state index contributed by atoms with van der Waals surface area (Å²) in [5.41, 5.74) is 9.47. The van der Waals surface area contributed by atoms with Gasteiger partial charge in [-0.1, -0.05) is 24.0 Å². The fourth-order valence-corrected chi connectivity index (χ4v) is 3.20. The van der Waals surface area contributed by atoms with Crippen LogP contribution in [0.15, 0.2) is 36.4 Å². The molecule has 28 heavy (non-hydrogen) atoms. The zero-order valence-electron chi connectivity index (χ0n) is 15.4. The lowest BCUT2D eigenvalue weighted by Gasteiger charge is -2.06. The highest BCUT2D eigenvalue weighted by atomic mass is 16.3. The Morgan fingerprint density at radius 2 is 2.11 bits per heavy atom. The molecule has 3 aromatic rings. The number of nitrogen functional groups attached to an aromatic ring is 1. The van der Waals surface area contributed by atoms with Gasteiger partial charge in [0.15, 0.2) is 11.6 Å². The smallest absolute Gasteiger partial charge is 0.237 e. The van der Waals surface area contributed by atoms with Crippen molar-refractivity contribution < 1.29 is 9.90 Å². The number of benzene rings is 1. The second-order valence-corrected chi connectivity index (χ2v) is 6.70. The van der Waals surface area contributed by atoms with Crippen molar-refractivity contribution >= 4 is 22.8 Å². The van der Waals surface area contributed by atoms with E-state index in [1.807, 2.05) is 30.3 Å². The molecule has 1 aromatic carbocycles. The van der Waals surface area contributed by atoms with E-state index in [-0.39, 0.29) is 30.1 Å². The van der Waals surface area contributed by atoms with Gasteiger partial charge in [-0.15, -0.1) is 0 Å². The molecule has 1 amide bonds. The Balaban J connectivity index is 1.66. The molecule has 1 aliphatic rings. The number of nitrogens with zero attached hydrogens (tertiary/aromatic N) is 4. The number of aliphatic hydroxyl groups is 1. The number of fused-ring (bicyclic) bond motifs is 1. The van der Waals surface area contributed by atoms with E-state index in [1.54, 1.807) is 18.0 Å². The van der Waals surface area contributed by atoms with Crippen LogP contribution in [0.4, 0.5) is 5.82 Å². The Bertz CT molecular complexity index is 1130. The summed E-state index contributed by atoms with van der Waals surface area (Å²) in [5.74, 6) is 6.54. The highest BCUT2D eigenvalue weighted by Gasteiger charge is 2.27. The number of aromatic nitrogens is 3. The highest BCUT2D eigenvalue weighted by Crippen LogP contribution is 2.23. The normalized spacial score (nSPS) is 16.3. The molecule has 7 nitrogen and oxygen atoms in total. The lowest BCUT2D eigenvalue weighted by atomic mass is 10.1. The molecule has 0 aliphatic carbocycles. The first-order valence-electron chi connectivity index (χ1n) is 8.96. The van der Waals surface area contributed by atoms with Crippen molar-refractivity contribution in [1.82, 2.24) is 19.9 Å². The molecule has 3 N–H and O–H groups in total. The fourth-order valence-electron chi connectivity index (χ4n) is 3.20. The molecule has 0 spiro atoms. The van der Waals surface area contributed by atoms with E-state index in [0.717, 1.165) is 29.8 Å². The summed E-state index contributed by atoms with van der Waals surface area (Å²) in [5, 5.41) is 9.21. The molecular weight excluding hydrogens is 354 g/mol. The predicted octanol–water partition coefficient (Wildman–Crippen LogP) is 1.60. The zero-order valence-corrected chi connectivity index (χ0v) is 15.4. The van der Waals surface area contributed by atoms with Crippen molar-refractivity contribution in [3.05, 3.63) is 47.8 Å². The highest BCUT2D eigenvalue weighted by molar-refractivity contribution is 5.86. The standard InChI is InChI=1S/C21H19N5O2/c1-26-10-9-14(21(26)28)6-5-13-3-2-4-15(11-13)16-7-8-17-19(24-16)20(22)25-18(12-27)23-17/h2-4,7-8,11,14,27H,9-10,12H2,1H3,(H2,22,23,25). The minimum absolute atomic E-state index is 0.0811. The van der Waals surface area contributed by atoms with Crippen LogP contribution in [0.25, 0.3) is 22.3 Å². The summed E-state index contributed by atoms with van der Waals surface area (Å²) in [6, 6.07) is 11.3. The summed E-state index contributed by atoms with van der Waals surface area (Å²) in [7, 11) is 1.80. The number of amides is 1. The van der Waals surface area contributed by atoms with Gasteiger partial charge in [0.05, 0.1) is 11.2 Å². The molecule has 140 valence electrons. The van der Waals surface area contributed by atoms with Crippen molar-refractivity contribution in [1.29, 1.82) is 0 Å². The molecule has 1 atom stereocenters. The van der Waals surface area contributed by atoms with Gasteiger partial charge in [-0.3, -0.25) is 4.79 Å². The SMILES string of the molecule is CN1CCC(C#Cc2cccc(-c3ccc4nc(CO)nc(N)c4n3)c2)C1=O. The van der Waals surface area contributed by atoms with E-state index in [0.29, 0.717) is 11.0 Å². The Morgan fingerprint density at radius 1 is 1.25 bits per heavy atom. The van der Waals surface area contributed by atoms with Crippen LogP contribution in [-0.4, -0.2) is 44.5 Å². The summed E-state index contributed by atoms with van der Waals surface area (Å²) >= 11 is 0. The number of hydrogen-bond donors (Lipinski definition) is 2. The third-order valence-corrected chi connectivity index (χ3v) is 4.73. The first-order valence-corrected chi connectivity index (χ1v) is 8.96. The predicted molar refractivity (Wildman–Crippen MR) is 106 cm³/mol. The molecule has 1 saturated heterocycles. The van der Waals surface area contributed by atoms with Crippen LogP contribution in [0.2, 0.25) is 0 Å². The summed E-state index contributed by atoms with van der Waals surface area (Å²) in [6.07, 6.45) is 0.767. The van der Waals surface area contributed by atoms with Gasteiger partial charge in [-0.25, -0.2) is 15.0 Å². The van der Waals surface area contributed by atoms with Crippen molar-refractivity contribution in [2.75, 3.05) is 19.3 Å². The van der Waals surface area contributed by atoms with Crippen molar-refractivity contribution in [3.63, 3.8) is 0 Å². The van der Waals surface area contributed by atoms with Crippen LogP contribution >= 0.6 is 0 Å². The van der Waals surface area contributed by atoms with Gasteiger partial charge in [-0.2, -0.15) is 0 Å². The van der Waals surface area contributed by atoms with Gasteiger partial charge >= 0.3 is 0 Å². The van der Waals surface area contributed by atoms with Crippen LogP contribution in [0.5, 0.6) is 0 Å². The third-order valence-electron chi connectivity index (χ3n) is 4.73. The Kier molecular flexibility index (Phi) is 4.63. The first-order chi connectivity index (χ1) is 13.5. The van der Waals surface area contributed by atoms with E-state index in [4.69, 9.17) is 5.73 Å². The van der Waals surface area contributed by atoms with Gasteiger partial charge < -0.3 is 15.7 Å². The van der Waals surface area contributed by atoms with Gasteiger partial charge in [0.1, 0.15) is 18.0 Å². The number of rotatable bonds is 2. The monoisotopic (exact) mass is 373 g/mol. The van der Waals surface area contributed by atoms with E-state index in [2.05, 4.69) is 26.8 Å². The second-order valence-electron chi connectivity index (χ2n) is 6.70. The number of carbonyl (C=O) groups is 1. The van der Waals surface area contributed by atoms with E-state index >= 15 is 0 Å². The molecule has 0 saturated carbocycles. The van der Waals surface area contributed by atoms with Gasteiger partial charge in [0.25, 0.3) is 0 Å². The minimum atomic E-state index is -0.276. The maximum absolute atomic E-state index is 12.0. The van der Waals surface area contributed by atoms with Crippen LogP contribution < -0.4 is 5.73 Å². The van der Waals surface area contributed by atoms with E-state index in [9.17, 15) is 9.90 Å². The summed E-state index contributed by atoms with van der Waals surface area (Å²) in [4.78, 5) is 26.6. The number of pyridine rings is 1. The van der Waals surface area contributed by atoms with Gasteiger partial charge in [0.2, 0.25) is 5.91 Å². The number of likely N-dealkylation sites (tertiary alicyclic amines) is 1. The largest absolute Gasteiger partial charge is 0.388 e. The lowest BCUT2D eigenvalue weighted by Crippen LogP contribution is -2.21. The fraction of sp³-hybridized carbons (Fsp3) is 0.238. The van der Waals surface area contributed by atoms with Gasteiger partial charge in [-0.05, 0) is 30.7 Å². The third kappa shape index (κ3) is 3.38. The van der Waals surface area contributed by atoms with E-state index in [1.165, 1.54) is 0 Å². The van der Waals surface area contributed by atoms with Crippen LogP contribution in [0, 0.1) is 17.8 Å².